The van der Waals surface area contributed by atoms with Gasteiger partial charge >= 0.3 is 0 Å². The molecule has 1 N–H and O–H groups in total. The first kappa shape index (κ1) is 13.4. The van der Waals surface area contributed by atoms with Crippen LogP contribution < -0.4 is 0 Å². The molecule has 0 aliphatic heterocycles. The molecule has 0 heterocycles. The smallest absolute Gasteiger partial charge is 0.264 e. The molecule has 3 nitrogen and oxygen atoms in total. The highest BCUT2D eigenvalue weighted by atomic mass is 32.2. The second kappa shape index (κ2) is 5.33. The predicted octanol–water partition coefficient (Wildman–Crippen LogP) is 2.74. The van der Waals surface area contributed by atoms with Crippen molar-refractivity contribution in [1.82, 2.24) is 0 Å². The third kappa shape index (κ3) is 3.48. The van der Waals surface area contributed by atoms with Crippen molar-refractivity contribution in [3.05, 3.63) is 11.6 Å². The first-order valence-corrected chi connectivity index (χ1v) is 8.87. The van der Waals surface area contributed by atoms with Crippen molar-refractivity contribution in [2.75, 3.05) is 11.5 Å². The van der Waals surface area contributed by atoms with Gasteiger partial charge in [0.1, 0.15) is 0 Å². The quantitative estimate of drug-likeness (QED) is 0.476. The molecule has 2 aliphatic carbocycles. The lowest BCUT2D eigenvalue weighted by Crippen LogP contribution is -2.15. The highest BCUT2D eigenvalue weighted by Gasteiger charge is 2.42. The number of rotatable bonds is 5. The average molecular weight is 276 g/mol. The largest absolute Gasteiger partial charge is 0.286 e. The van der Waals surface area contributed by atoms with Gasteiger partial charge in [-0.3, -0.25) is 4.55 Å². The number of allylic oxidation sites excluding steroid dienone is 2. The van der Waals surface area contributed by atoms with Crippen LogP contribution in [0.2, 0.25) is 0 Å². The summed E-state index contributed by atoms with van der Waals surface area (Å²) in [7, 11) is -3.77. The normalized spacial score (nSPS) is 34.7. The molecule has 2 rings (SSSR count). The Morgan fingerprint density at radius 2 is 2.24 bits per heavy atom. The van der Waals surface area contributed by atoms with Gasteiger partial charge < -0.3 is 0 Å². The monoisotopic (exact) mass is 276 g/mol. The van der Waals surface area contributed by atoms with Crippen LogP contribution in [0.1, 0.15) is 32.6 Å². The minimum atomic E-state index is -3.77. The average Bonchev–Trinajstić information content (AvgIpc) is 2.81. The van der Waals surface area contributed by atoms with E-state index in [1.54, 1.807) is 5.57 Å². The second-order valence-electron chi connectivity index (χ2n) is 5.04. The Kier molecular flexibility index (Phi) is 4.21. The van der Waals surface area contributed by atoms with E-state index in [4.69, 9.17) is 4.55 Å². The van der Waals surface area contributed by atoms with Crippen LogP contribution >= 0.6 is 11.8 Å². The molecule has 2 aliphatic rings. The number of thioether (sulfide) groups is 1. The standard InChI is InChI=1S/C12H20O3S2/c1-2-9-6-11-7-10(9)8-12(11)16-4-3-5-17(13,14)15/h2,10-12H,3-8H2,1H3,(H,13,14,15)/b9-2-. The fraction of sp³-hybridized carbons (Fsp3) is 0.833. The number of hydrogen-bond acceptors (Lipinski definition) is 3. The van der Waals surface area contributed by atoms with E-state index in [9.17, 15) is 8.42 Å². The lowest BCUT2D eigenvalue weighted by atomic mass is 9.94. The zero-order valence-corrected chi connectivity index (χ0v) is 11.8. The van der Waals surface area contributed by atoms with Crippen LogP contribution in [0.25, 0.3) is 0 Å². The van der Waals surface area contributed by atoms with E-state index < -0.39 is 10.1 Å². The van der Waals surface area contributed by atoms with E-state index in [-0.39, 0.29) is 5.75 Å². The maximum atomic E-state index is 10.6. The van der Waals surface area contributed by atoms with Crippen LogP contribution in [0.5, 0.6) is 0 Å². The molecule has 0 spiro atoms. The maximum Gasteiger partial charge on any atom is 0.264 e. The highest BCUT2D eigenvalue weighted by molar-refractivity contribution is 7.99. The molecule has 0 aromatic rings. The van der Waals surface area contributed by atoms with Gasteiger partial charge in [-0.05, 0) is 50.2 Å². The van der Waals surface area contributed by atoms with Crippen LogP contribution in [0, 0.1) is 11.8 Å². The molecule has 2 bridgehead atoms. The van der Waals surface area contributed by atoms with E-state index in [2.05, 4.69) is 13.0 Å². The van der Waals surface area contributed by atoms with Gasteiger partial charge in [0.25, 0.3) is 10.1 Å². The van der Waals surface area contributed by atoms with Crippen LogP contribution in [-0.2, 0) is 10.1 Å². The third-order valence-electron chi connectivity index (χ3n) is 3.90. The van der Waals surface area contributed by atoms with Gasteiger partial charge in [-0.15, -0.1) is 0 Å². The minimum absolute atomic E-state index is 0.0963. The topological polar surface area (TPSA) is 54.4 Å². The Hall–Kier alpha value is -0.0000000000000000763. The summed E-state index contributed by atoms with van der Waals surface area (Å²) in [6.45, 7) is 2.13. The summed E-state index contributed by atoms with van der Waals surface area (Å²) >= 11 is 1.90. The first-order chi connectivity index (χ1) is 7.99. The Morgan fingerprint density at radius 1 is 1.47 bits per heavy atom. The molecule has 3 atom stereocenters. The Labute approximate surface area is 108 Å². The summed E-state index contributed by atoms with van der Waals surface area (Å²) in [6.07, 6.45) is 6.67. The van der Waals surface area contributed by atoms with Gasteiger partial charge in [-0.25, -0.2) is 0 Å². The lowest BCUT2D eigenvalue weighted by Gasteiger charge is -2.22. The first-order valence-electron chi connectivity index (χ1n) is 6.21. The van der Waals surface area contributed by atoms with Crippen molar-refractivity contribution >= 4 is 21.9 Å². The molecule has 0 aromatic carbocycles. The van der Waals surface area contributed by atoms with Crippen LogP contribution in [0.4, 0.5) is 0 Å². The van der Waals surface area contributed by atoms with E-state index in [1.165, 1.54) is 19.3 Å². The number of fused-ring (bicyclic) bond motifs is 2. The summed E-state index contributed by atoms with van der Waals surface area (Å²) < 4.78 is 29.8. The number of hydrogen-bond donors (Lipinski definition) is 1. The van der Waals surface area contributed by atoms with Crippen molar-refractivity contribution in [2.45, 2.75) is 37.9 Å². The van der Waals surface area contributed by atoms with Gasteiger partial charge in [0.05, 0.1) is 5.75 Å². The molecule has 0 saturated heterocycles. The highest BCUT2D eigenvalue weighted by Crippen LogP contribution is 2.52. The van der Waals surface area contributed by atoms with Gasteiger partial charge in [0.2, 0.25) is 0 Å². The summed E-state index contributed by atoms with van der Waals surface area (Å²) in [6, 6.07) is 0. The molecular weight excluding hydrogens is 256 g/mol. The van der Waals surface area contributed by atoms with E-state index in [1.807, 2.05) is 11.8 Å². The van der Waals surface area contributed by atoms with Crippen molar-refractivity contribution in [2.24, 2.45) is 11.8 Å². The SMILES string of the molecule is C/C=C1/CC2CC1CC2SCCCS(=O)(=O)O. The Morgan fingerprint density at radius 3 is 2.76 bits per heavy atom. The fourth-order valence-electron chi connectivity index (χ4n) is 3.11. The van der Waals surface area contributed by atoms with Crippen molar-refractivity contribution in [3.63, 3.8) is 0 Å². The van der Waals surface area contributed by atoms with E-state index in [0.717, 1.165) is 17.6 Å². The molecule has 3 unspecified atom stereocenters. The molecule has 2 fully saturated rings. The molecule has 0 radical (unpaired) electrons. The maximum absolute atomic E-state index is 10.6. The summed E-state index contributed by atoms with van der Waals surface area (Å²) in [5.41, 5.74) is 1.63. The second-order valence-corrected chi connectivity index (χ2v) is 7.96. The third-order valence-corrected chi connectivity index (χ3v) is 6.24. The Balaban J connectivity index is 1.70. The zero-order chi connectivity index (χ0) is 12.5. The predicted molar refractivity (Wildman–Crippen MR) is 71.9 cm³/mol. The zero-order valence-electron chi connectivity index (χ0n) is 10.1. The van der Waals surface area contributed by atoms with Gasteiger partial charge in [0.15, 0.2) is 0 Å². The fourth-order valence-corrected chi connectivity index (χ4v) is 5.26. The van der Waals surface area contributed by atoms with Crippen molar-refractivity contribution < 1.29 is 13.0 Å². The molecule has 0 amide bonds. The molecule has 2 saturated carbocycles. The summed E-state index contributed by atoms with van der Waals surface area (Å²) in [5.74, 6) is 2.35. The summed E-state index contributed by atoms with van der Waals surface area (Å²) in [5, 5.41) is 0.713. The molecule has 17 heavy (non-hydrogen) atoms. The van der Waals surface area contributed by atoms with Gasteiger partial charge in [-0.1, -0.05) is 11.6 Å². The molecule has 98 valence electrons. The molecule has 5 heteroatoms. The van der Waals surface area contributed by atoms with E-state index in [0.29, 0.717) is 11.7 Å². The van der Waals surface area contributed by atoms with Gasteiger partial charge in [-0.2, -0.15) is 20.2 Å². The Bertz CT molecular complexity index is 400. The van der Waals surface area contributed by atoms with Crippen LogP contribution in [0.3, 0.4) is 0 Å². The van der Waals surface area contributed by atoms with Crippen molar-refractivity contribution in [3.8, 4) is 0 Å². The summed E-state index contributed by atoms with van der Waals surface area (Å²) in [4.78, 5) is 0. The molecule has 0 aromatic heterocycles. The van der Waals surface area contributed by atoms with Crippen LogP contribution in [-0.4, -0.2) is 29.7 Å². The lowest BCUT2D eigenvalue weighted by molar-refractivity contribution is 0.482. The van der Waals surface area contributed by atoms with Crippen molar-refractivity contribution in [1.29, 1.82) is 0 Å². The van der Waals surface area contributed by atoms with Crippen LogP contribution in [0.15, 0.2) is 11.6 Å². The van der Waals surface area contributed by atoms with E-state index >= 15 is 0 Å². The van der Waals surface area contributed by atoms with Gasteiger partial charge in [0, 0.05) is 5.25 Å². The minimum Gasteiger partial charge on any atom is -0.286 e. The molecular formula is C12H20O3S2.